The molecule has 2 atom stereocenters. The van der Waals surface area contributed by atoms with Gasteiger partial charge in [0.2, 0.25) is 5.95 Å². The van der Waals surface area contributed by atoms with Crippen molar-refractivity contribution in [1.82, 2.24) is 15.2 Å². The number of anilines is 3. The first kappa shape index (κ1) is 17.9. The van der Waals surface area contributed by atoms with Crippen LogP contribution in [0.3, 0.4) is 0 Å². The average Bonchev–Trinajstić information content (AvgIpc) is 2.60. The number of primary amides is 1. The van der Waals surface area contributed by atoms with Gasteiger partial charge in [-0.05, 0) is 25.0 Å². The number of nitrogens with one attached hydrogen (secondary N) is 2. The summed E-state index contributed by atoms with van der Waals surface area (Å²) in [6, 6.07) is 3.14. The molecule has 1 amide bonds. The van der Waals surface area contributed by atoms with Crippen molar-refractivity contribution in [2.24, 2.45) is 11.5 Å². The molecule has 6 N–H and O–H groups in total. The lowest BCUT2D eigenvalue weighted by atomic mass is 9.91. The van der Waals surface area contributed by atoms with Crippen molar-refractivity contribution in [3.63, 3.8) is 0 Å². The molecule has 0 radical (unpaired) electrons. The summed E-state index contributed by atoms with van der Waals surface area (Å²) in [5.41, 5.74) is 11.3. The Labute approximate surface area is 148 Å². The van der Waals surface area contributed by atoms with E-state index < -0.39 is 17.5 Å². The normalized spacial score (nSPS) is 19.8. The maximum absolute atomic E-state index is 13.4. The smallest absolute Gasteiger partial charge is 0.273 e. The van der Waals surface area contributed by atoms with Crippen molar-refractivity contribution in [1.29, 1.82) is 0 Å². The molecule has 1 aromatic heterocycles. The van der Waals surface area contributed by atoms with Crippen molar-refractivity contribution in [2.75, 3.05) is 10.6 Å². The molecule has 3 rings (SSSR count). The quantitative estimate of drug-likeness (QED) is 0.635. The Kier molecular flexibility index (Phi) is 5.21. The van der Waals surface area contributed by atoms with Gasteiger partial charge in [-0.3, -0.25) is 4.79 Å². The fourth-order valence-electron chi connectivity index (χ4n) is 2.86. The molecule has 1 aliphatic rings. The van der Waals surface area contributed by atoms with Gasteiger partial charge in [0.1, 0.15) is 0 Å². The van der Waals surface area contributed by atoms with Crippen LogP contribution in [0.25, 0.3) is 0 Å². The van der Waals surface area contributed by atoms with Crippen molar-refractivity contribution in [3.8, 4) is 0 Å². The highest BCUT2D eigenvalue weighted by Crippen LogP contribution is 2.22. The van der Waals surface area contributed by atoms with Crippen LogP contribution in [0.5, 0.6) is 0 Å². The van der Waals surface area contributed by atoms with E-state index >= 15 is 0 Å². The number of halogens is 2. The number of rotatable bonds is 5. The highest BCUT2D eigenvalue weighted by atomic mass is 19.2. The molecule has 0 saturated heterocycles. The lowest BCUT2D eigenvalue weighted by molar-refractivity contribution is 0.0995. The first-order valence-electron chi connectivity index (χ1n) is 8.23. The van der Waals surface area contributed by atoms with Crippen LogP contribution in [0.2, 0.25) is 0 Å². The largest absolute Gasteiger partial charge is 0.364 e. The fourth-order valence-corrected chi connectivity index (χ4v) is 2.86. The second-order valence-electron chi connectivity index (χ2n) is 6.15. The zero-order chi connectivity index (χ0) is 18.7. The summed E-state index contributed by atoms with van der Waals surface area (Å²) in [7, 11) is 0. The maximum atomic E-state index is 13.4. The van der Waals surface area contributed by atoms with Crippen LogP contribution in [-0.4, -0.2) is 33.2 Å². The Bertz CT molecular complexity index is 817. The van der Waals surface area contributed by atoms with E-state index in [1.807, 2.05) is 0 Å². The lowest BCUT2D eigenvalue weighted by Gasteiger charge is -2.29. The van der Waals surface area contributed by atoms with Gasteiger partial charge in [0, 0.05) is 23.8 Å². The van der Waals surface area contributed by atoms with E-state index in [1.54, 1.807) is 0 Å². The predicted octanol–water partition coefficient (Wildman–Crippen LogP) is 1.67. The number of hydrogen-bond acceptors (Lipinski definition) is 7. The standard InChI is InChI=1S/C16H19F2N7O/c17-9-6-5-8(7-10(9)18)21-15-13(14(20)26)24-25-16(23-15)22-12-4-2-1-3-11(12)19/h5-7,11-12H,1-4,19H2,(H2,20,26)(H2,21,22,23,25)/t11-,12+/m0/s1. The summed E-state index contributed by atoms with van der Waals surface area (Å²) in [6.07, 6.45) is 3.87. The summed E-state index contributed by atoms with van der Waals surface area (Å²) in [5, 5.41) is 13.5. The minimum Gasteiger partial charge on any atom is -0.364 e. The molecule has 8 nitrogen and oxygen atoms in total. The fraction of sp³-hybridized carbons (Fsp3) is 0.375. The van der Waals surface area contributed by atoms with Crippen LogP contribution in [0.1, 0.15) is 36.2 Å². The summed E-state index contributed by atoms with van der Waals surface area (Å²) < 4.78 is 26.5. The Balaban J connectivity index is 1.86. The average molecular weight is 363 g/mol. The highest BCUT2D eigenvalue weighted by molar-refractivity contribution is 5.96. The third-order valence-electron chi connectivity index (χ3n) is 4.24. The second-order valence-corrected chi connectivity index (χ2v) is 6.15. The lowest BCUT2D eigenvalue weighted by Crippen LogP contribution is -2.43. The summed E-state index contributed by atoms with van der Waals surface area (Å²) in [4.78, 5) is 15.8. The molecule has 10 heteroatoms. The number of amides is 1. The van der Waals surface area contributed by atoms with Crippen LogP contribution in [0.15, 0.2) is 18.2 Å². The number of hydrogen-bond donors (Lipinski definition) is 4. The minimum atomic E-state index is -1.04. The molecule has 1 aliphatic carbocycles. The number of carbonyl (C=O) groups is 1. The molecule has 0 unspecified atom stereocenters. The first-order valence-corrected chi connectivity index (χ1v) is 8.23. The summed E-state index contributed by atoms with van der Waals surface area (Å²) in [6.45, 7) is 0. The van der Waals surface area contributed by atoms with Crippen molar-refractivity contribution in [2.45, 2.75) is 37.8 Å². The van der Waals surface area contributed by atoms with E-state index in [0.29, 0.717) is 0 Å². The van der Waals surface area contributed by atoms with E-state index in [4.69, 9.17) is 11.5 Å². The monoisotopic (exact) mass is 363 g/mol. The molecule has 0 bridgehead atoms. The Morgan fingerprint density at radius 3 is 2.62 bits per heavy atom. The molecule has 0 aliphatic heterocycles. The van der Waals surface area contributed by atoms with Gasteiger partial charge in [0.25, 0.3) is 5.91 Å². The van der Waals surface area contributed by atoms with Crippen molar-refractivity contribution < 1.29 is 13.6 Å². The number of nitrogens with zero attached hydrogens (tertiary/aromatic N) is 3. The van der Waals surface area contributed by atoms with Crippen molar-refractivity contribution >= 4 is 23.4 Å². The molecule has 0 spiro atoms. The number of aromatic nitrogens is 3. The Hall–Kier alpha value is -2.88. The Morgan fingerprint density at radius 1 is 1.15 bits per heavy atom. The van der Waals surface area contributed by atoms with E-state index in [-0.39, 0.29) is 35.2 Å². The number of carbonyl (C=O) groups excluding carboxylic acids is 1. The van der Waals surface area contributed by atoms with E-state index in [2.05, 4.69) is 25.8 Å². The van der Waals surface area contributed by atoms with Gasteiger partial charge < -0.3 is 22.1 Å². The Morgan fingerprint density at radius 2 is 1.92 bits per heavy atom. The van der Waals surface area contributed by atoms with Crippen LogP contribution < -0.4 is 22.1 Å². The van der Waals surface area contributed by atoms with Gasteiger partial charge in [0.05, 0.1) is 0 Å². The van der Waals surface area contributed by atoms with Crippen LogP contribution in [0.4, 0.5) is 26.2 Å². The SMILES string of the molecule is NC(=O)c1nnc(N[C@@H]2CCCC[C@@H]2N)nc1Nc1ccc(F)c(F)c1. The van der Waals surface area contributed by atoms with Gasteiger partial charge in [0.15, 0.2) is 23.1 Å². The molecular weight excluding hydrogens is 344 g/mol. The summed E-state index contributed by atoms with van der Waals surface area (Å²) in [5.74, 6) is -2.71. The van der Waals surface area contributed by atoms with Crippen LogP contribution in [0, 0.1) is 11.6 Å². The molecule has 1 heterocycles. The zero-order valence-corrected chi connectivity index (χ0v) is 13.9. The second kappa shape index (κ2) is 7.56. The van der Waals surface area contributed by atoms with E-state index in [9.17, 15) is 13.6 Å². The van der Waals surface area contributed by atoms with Gasteiger partial charge >= 0.3 is 0 Å². The van der Waals surface area contributed by atoms with E-state index in [1.165, 1.54) is 6.07 Å². The molecule has 1 fully saturated rings. The minimum absolute atomic E-state index is 0.00890. The molecule has 2 aromatic rings. The van der Waals surface area contributed by atoms with Crippen LogP contribution in [-0.2, 0) is 0 Å². The van der Waals surface area contributed by atoms with E-state index in [0.717, 1.165) is 37.8 Å². The molecule has 26 heavy (non-hydrogen) atoms. The van der Waals surface area contributed by atoms with Gasteiger partial charge in [-0.15, -0.1) is 10.2 Å². The highest BCUT2D eigenvalue weighted by Gasteiger charge is 2.23. The number of benzene rings is 1. The van der Waals surface area contributed by atoms with Gasteiger partial charge in [-0.1, -0.05) is 12.8 Å². The molecule has 1 aromatic carbocycles. The number of nitrogens with two attached hydrogens (primary N) is 2. The first-order chi connectivity index (χ1) is 12.4. The zero-order valence-electron chi connectivity index (χ0n) is 13.9. The predicted molar refractivity (Wildman–Crippen MR) is 91.8 cm³/mol. The van der Waals surface area contributed by atoms with Gasteiger partial charge in [-0.25, -0.2) is 8.78 Å². The van der Waals surface area contributed by atoms with Crippen LogP contribution >= 0.6 is 0 Å². The summed E-state index contributed by atoms with van der Waals surface area (Å²) >= 11 is 0. The molecule has 1 saturated carbocycles. The van der Waals surface area contributed by atoms with Gasteiger partial charge in [-0.2, -0.15) is 4.98 Å². The molecule has 138 valence electrons. The maximum Gasteiger partial charge on any atom is 0.273 e. The topological polar surface area (TPSA) is 132 Å². The third-order valence-corrected chi connectivity index (χ3v) is 4.24. The third kappa shape index (κ3) is 4.02. The molecular formula is C16H19F2N7O. The van der Waals surface area contributed by atoms with Crippen molar-refractivity contribution in [3.05, 3.63) is 35.5 Å².